The maximum atomic E-state index is 6.97. The second kappa shape index (κ2) is 11.1. The predicted octanol–water partition coefficient (Wildman–Crippen LogP) is 14.2. The Kier molecular flexibility index (Phi) is 6.35. The number of nitrogens with zero attached hydrogens (tertiary/aromatic N) is 3. The molecule has 244 valence electrons. The van der Waals surface area contributed by atoms with Crippen LogP contribution in [0.2, 0.25) is 5.15 Å². The van der Waals surface area contributed by atoms with Crippen molar-refractivity contribution < 1.29 is 0 Å². The van der Waals surface area contributed by atoms with Crippen LogP contribution >= 0.6 is 34.3 Å². The normalized spacial score (nSPS) is 12.1. The van der Waals surface area contributed by atoms with Gasteiger partial charge in [-0.1, -0.05) is 146 Å². The van der Waals surface area contributed by atoms with Crippen molar-refractivity contribution in [1.82, 2.24) is 14.5 Å². The highest BCUT2D eigenvalue weighted by atomic mass is 35.5. The van der Waals surface area contributed by atoms with Crippen LogP contribution in [-0.2, 0) is 0 Å². The first-order valence-electron chi connectivity index (χ1n) is 17.1. The van der Waals surface area contributed by atoms with E-state index in [4.69, 9.17) is 21.6 Å². The molecule has 0 aliphatic heterocycles. The predicted molar refractivity (Wildman–Crippen MR) is 228 cm³/mol. The van der Waals surface area contributed by atoms with Crippen LogP contribution in [0.3, 0.4) is 0 Å². The Morgan fingerprint density at radius 2 is 1.27 bits per heavy atom. The lowest BCUT2D eigenvalue weighted by molar-refractivity contribution is 1.19. The lowest BCUT2D eigenvalue weighted by Gasteiger charge is -2.13. The highest BCUT2D eigenvalue weighted by Crippen LogP contribution is 2.50. The Morgan fingerprint density at radius 3 is 2.04 bits per heavy atom. The zero-order valence-electron chi connectivity index (χ0n) is 27.7. The van der Waals surface area contributed by atoms with E-state index >= 15 is 0 Å². The summed E-state index contributed by atoms with van der Waals surface area (Å²) in [6.45, 7) is 7.99. The number of fused-ring (bicyclic) bond motifs is 15. The van der Waals surface area contributed by atoms with Gasteiger partial charge in [-0.3, -0.25) is 0 Å². The van der Waals surface area contributed by atoms with Crippen LogP contribution in [0.4, 0.5) is 0 Å². The number of hydrogen-bond acceptors (Lipinski definition) is 4. The van der Waals surface area contributed by atoms with Crippen LogP contribution in [0.1, 0.15) is 10.4 Å². The van der Waals surface area contributed by atoms with Gasteiger partial charge in [0.15, 0.2) is 5.15 Å². The summed E-state index contributed by atoms with van der Waals surface area (Å²) >= 11 is 10.4. The molecule has 0 radical (unpaired) electrons. The molecular formula is C46H26ClN3S2. The summed E-state index contributed by atoms with van der Waals surface area (Å²) < 4.78 is 5.07. The number of rotatable bonds is 4. The minimum atomic E-state index is 0.360. The van der Waals surface area contributed by atoms with Gasteiger partial charge in [0.1, 0.15) is 16.0 Å². The van der Waals surface area contributed by atoms with Crippen LogP contribution in [0, 0.1) is 0 Å². The molecule has 0 amide bonds. The van der Waals surface area contributed by atoms with E-state index in [2.05, 4.69) is 139 Å². The third-order valence-electron chi connectivity index (χ3n) is 10.4. The van der Waals surface area contributed by atoms with Crippen molar-refractivity contribution in [2.45, 2.75) is 0 Å². The molecule has 6 heteroatoms. The lowest BCUT2D eigenvalue weighted by Crippen LogP contribution is -1.97. The number of hydrogen-bond donors (Lipinski definition) is 0. The summed E-state index contributed by atoms with van der Waals surface area (Å²) in [5, 5.41) is 12.9. The highest BCUT2D eigenvalue weighted by molar-refractivity contribution is 7.27. The van der Waals surface area contributed by atoms with Crippen molar-refractivity contribution in [2.75, 3.05) is 0 Å². The summed E-state index contributed by atoms with van der Waals surface area (Å²) in [7, 11) is 0. The maximum absolute atomic E-state index is 6.97. The smallest absolute Gasteiger partial charge is 0.156 e. The fourth-order valence-electron chi connectivity index (χ4n) is 8.22. The Labute approximate surface area is 311 Å². The molecule has 7 aromatic carbocycles. The van der Waals surface area contributed by atoms with Crippen LogP contribution < -0.4 is 0 Å². The molecular weight excluding hydrogens is 694 g/mol. The molecule has 0 atom stereocenters. The van der Waals surface area contributed by atoms with Gasteiger partial charge in [-0.05, 0) is 39.1 Å². The van der Waals surface area contributed by atoms with E-state index in [1.807, 2.05) is 17.4 Å². The third-order valence-corrected chi connectivity index (χ3v) is 13.0. The van der Waals surface area contributed by atoms with Gasteiger partial charge in [0, 0.05) is 53.3 Å². The molecule has 11 aromatic rings. The maximum Gasteiger partial charge on any atom is 0.156 e. The molecule has 0 unspecified atom stereocenters. The lowest BCUT2D eigenvalue weighted by atomic mass is 9.97. The molecule has 0 N–H and O–H groups in total. The van der Waals surface area contributed by atoms with Crippen LogP contribution in [0.15, 0.2) is 134 Å². The number of thiophene rings is 2. The van der Waals surface area contributed by atoms with Crippen molar-refractivity contribution in [3.8, 4) is 16.9 Å². The van der Waals surface area contributed by atoms with Gasteiger partial charge >= 0.3 is 0 Å². The minimum Gasteiger partial charge on any atom is -0.307 e. The fourth-order valence-corrected chi connectivity index (χ4v) is 10.8. The van der Waals surface area contributed by atoms with Gasteiger partial charge in [-0.25, -0.2) is 9.97 Å². The van der Waals surface area contributed by atoms with E-state index in [1.54, 1.807) is 17.4 Å². The summed E-state index contributed by atoms with van der Waals surface area (Å²) in [5.74, 6) is 0. The molecule has 0 saturated carbocycles. The van der Waals surface area contributed by atoms with Crippen LogP contribution in [0.5, 0.6) is 0 Å². The van der Waals surface area contributed by atoms with E-state index in [0.29, 0.717) is 10.8 Å². The zero-order chi connectivity index (χ0) is 34.7. The van der Waals surface area contributed by atoms with Crippen molar-refractivity contribution >= 4 is 131 Å². The average Bonchev–Trinajstić information content (AvgIpc) is 3.87. The number of aromatic nitrogens is 3. The topological polar surface area (TPSA) is 30.7 Å². The largest absolute Gasteiger partial charge is 0.307 e. The van der Waals surface area contributed by atoms with Crippen LogP contribution in [-0.4, -0.2) is 14.5 Å². The second-order valence-electron chi connectivity index (χ2n) is 13.1. The van der Waals surface area contributed by atoms with Gasteiger partial charge < -0.3 is 4.57 Å². The standard InChI is InChI=1S/C46H26ClN3S2/c1-3-29-36(4-2)51-46-40(29)48-45(47)39(49-46)27-14-11-15-28(24-27)50-41-30-16-7-5-12-25(30)20-22-34(41)37-32-18-9-10-19-33(32)38-35-23-21-26-13-6-8-17-31(26)43(35)52-44(38)42(37)50/h3-24H,1-2H2. The van der Waals surface area contributed by atoms with E-state index in [9.17, 15) is 0 Å². The Morgan fingerprint density at radius 1 is 0.577 bits per heavy atom. The third kappa shape index (κ3) is 4.01. The number of halogens is 1. The molecule has 0 saturated heterocycles. The number of benzene rings is 7. The SMILES string of the molecule is C=Cc1sc2nc(-c3cccc(-n4c5c6ccccc6ccc5c5c6ccccc6c6c7ccc8ccccc8c7sc6c54)c3)c(Cl)nc2c1C=C. The first-order valence-corrected chi connectivity index (χ1v) is 19.1. The molecule has 0 aliphatic carbocycles. The minimum absolute atomic E-state index is 0.360. The quantitative estimate of drug-likeness (QED) is 0.181. The molecule has 4 aromatic heterocycles. The fraction of sp³-hybridized carbons (Fsp3) is 0. The van der Waals surface area contributed by atoms with Crippen molar-refractivity contribution in [3.05, 3.63) is 150 Å². The Hall–Kier alpha value is -5.85. The second-order valence-corrected chi connectivity index (χ2v) is 15.5. The van der Waals surface area contributed by atoms with E-state index in [0.717, 1.165) is 32.0 Å². The molecule has 3 nitrogen and oxygen atoms in total. The van der Waals surface area contributed by atoms with Crippen molar-refractivity contribution in [3.63, 3.8) is 0 Å². The summed E-state index contributed by atoms with van der Waals surface area (Å²) in [4.78, 5) is 11.7. The summed E-state index contributed by atoms with van der Waals surface area (Å²) in [5.41, 5.74) is 6.64. The van der Waals surface area contributed by atoms with Gasteiger partial charge in [-0.15, -0.1) is 22.7 Å². The Balaban J connectivity index is 1.31. The molecule has 0 bridgehead atoms. The highest BCUT2D eigenvalue weighted by Gasteiger charge is 2.24. The van der Waals surface area contributed by atoms with Gasteiger partial charge in [0.25, 0.3) is 0 Å². The van der Waals surface area contributed by atoms with Gasteiger partial charge in [-0.2, -0.15) is 0 Å². The molecule has 52 heavy (non-hydrogen) atoms. The first kappa shape index (κ1) is 29.8. The molecule has 0 spiro atoms. The molecule has 11 rings (SSSR count). The monoisotopic (exact) mass is 719 g/mol. The van der Waals surface area contributed by atoms with Gasteiger partial charge in [0.05, 0.1) is 15.7 Å². The van der Waals surface area contributed by atoms with Crippen molar-refractivity contribution in [1.29, 1.82) is 0 Å². The summed E-state index contributed by atoms with van der Waals surface area (Å²) in [6.07, 6.45) is 3.63. The van der Waals surface area contributed by atoms with Crippen molar-refractivity contribution in [2.24, 2.45) is 0 Å². The Bertz CT molecular complexity index is 3360. The first-order chi connectivity index (χ1) is 25.6. The van der Waals surface area contributed by atoms with E-state index in [1.165, 1.54) is 74.3 Å². The summed E-state index contributed by atoms with van der Waals surface area (Å²) in [6, 6.07) is 44.1. The molecule has 4 heterocycles. The van der Waals surface area contributed by atoms with Gasteiger partial charge in [0.2, 0.25) is 0 Å². The molecule has 0 aliphatic rings. The van der Waals surface area contributed by atoms with E-state index in [-0.39, 0.29) is 0 Å². The zero-order valence-corrected chi connectivity index (χ0v) is 30.0. The molecule has 0 fully saturated rings. The van der Waals surface area contributed by atoms with Crippen LogP contribution in [0.25, 0.3) is 114 Å². The van der Waals surface area contributed by atoms with E-state index < -0.39 is 0 Å². The average molecular weight is 720 g/mol.